The third kappa shape index (κ3) is 4.81. The van der Waals surface area contributed by atoms with E-state index in [1.54, 1.807) is 11.8 Å². The lowest BCUT2D eigenvalue weighted by Crippen LogP contribution is -2.43. The van der Waals surface area contributed by atoms with Crippen molar-refractivity contribution in [1.29, 1.82) is 0 Å². The van der Waals surface area contributed by atoms with E-state index in [0.717, 1.165) is 0 Å². The van der Waals surface area contributed by atoms with Crippen molar-refractivity contribution >= 4 is 17.7 Å². The number of carbonyl (C=O) groups excluding carboxylic acids is 1. The first-order chi connectivity index (χ1) is 8.50. The van der Waals surface area contributed by atoms with Crippen LogP contribution in [0.3, 0.4) is 0 Å². The molecule has 0 heterocycles. The van der Waals surface area contributed by atoms with Crippen LogP contribution < -0.4 is 5.32 Å². The summed E-state index contributed by atoms with van der Waals surface area (Å²) in [6.07, 6.45) is 8.75. The predicted molar refractivity (Wildman–Crippen MR) is 77.8 cm³/mol. The normalized spacial score (nSPS) is 22.2. The Morgan fingerprint density at radius 2 is 2.00 bits per heavy atom. The minimum Gasteiger partial charge on any atom is -0.395 e. The average molecular weight is 273 g/mol. The van der Waals surface area contributed by atoms with E-state index in [0.29, 0.717) is 6.42 Å². The van der Waals surface area contributed by atoms with Gasteiger partial charge in [0.05, 0.1) is 6.61 Å². The van der Waals surface area contributed by atoms with Gasteiger partial charge in [-0.05, 0) is 31.4 Å². The maximum Gasteiger partial charge on any atom is 0.220 e. The van der Waals surface area contributed by atoms with E-state index in [1.807, 2.05) is 13.2 Å². The van der Waals surface area contributed by atoms with Crippen LogP contribution in [0.2, 0.25) is 0 Å². The predicted octanol–water partition coefficient (Wildman–Crippen LogP) is 2.58. The SMILES string of the molecule is CSC(CO)C(C)NC(=O)CC1(C)CCCCC1. The van der Waals surface area contributed by atoms with Crippen LogP contribution in [0.1, 0.15) is 52.4 Å². The molecule has 1 amide bonds. The summed E-state index contributed by atoms with van der Waals surface area (Å²) in [7, 11) is 0. The highest BCUT2D eigenvalue weighted by Crippen LogP contribution is 2.38. The first-order valence-corrected chi connectivity index (χ1v) is 8.22. The van der Waals surface area contributed by atoms with Gasteiger partial charge in [-0.15, -0.1) is 0 Å². The average Bonchev–Trinajstić information content (AvgIpc) is 2.30. The number of carbonyl (C=O) groups is 1. The molecule has 2 N–H and O–H groups in total. The maximum absolute atomic E-state index is 12.1. The second kappa shape index (κ2) is 7.39. The van der Waals surface area contributed by atoms with Gasteiger partial charge in [-0.25, -0.2) is 0 Å². The van der Waals surface area contributed by atoms with Crippen LogP contribution >= 0.6 is 11.8 Å². The highest BCUT2D eigenvalue weighted by atomic mass is 32.2. The molecule has 0 spiro atoms. The minimum atomic E-state index is 0.0321. The van der Waals surface area contributed by atoms with Crippen LogP contribution in [0, 0.1) is 5.41 Å². The van der Waals surface area contributed by atoms with Crippen molar-refractivity contribution < 1.29 is 9.90 Å². The van der Waals surface area contributed by atoms with Gasteiger partial charge in [0.2, 0.25) is 5.91 Å². The number of aliphatic hydroxyl groups excluding tert-OH is 1. The summed E-state index contributed by atoms with van der Waals surface area (Å²) in [4.78, 5) is 12.1. The molecule has 0 aromatic heterocycles. The van der Waals surface area contributed by atoms with E-state index >= 15 is 0 Å². The molecule has 2 unspecified atom stereocenters. The first kappa shape index (κ1) is 15.8. The van der Waals surface area contributed by atoms with Crippen molar-refractivity contribution in [2.75, 3.05) is 12.9 Å². The topological polar surface area (TPSA) is 49.3 Å². The molecule has 2 atom stereocenters. The summed E-state index contributed by atoms with van der Waals surface area (Å²) in [5, 5.41) is 12.3. The van der Waals surface area contributed by atoms with Gasteiger partial charge in [-0.1, -0.05) is 26.2 Å². The molecule has 4 heteroatoms. The number of amides is 1. The van der Waals surface area contributed by atoms with Crippen LogP contribution in [-0.4, -0.2) is 35.2 Å². The molecule has 1 fully saturated rings. The molecule has 3 nitrogen and oxygen atoms in total. The Balaban J connectivity index is 2.40. The number of hydrogen-bond donors (Lipinski definition) is 2. The van der Waals surface area contributed by atoms with Gasteiger partial charge in [0, 0.05) is 17.7 Å². The summed E-state index contributed by atoms with van der Waals surface area (Å²) >= 11 is 1.60. The smallest absolute Gasteiger partial charge is 0.220 e. The summed E-state index contributed by atoms with van der Waals surface area (Å²) in [5.74, 6) is 0.138. The Bertz CT molecular complexity index is 261. The van der Waals surface area contributed by atoms with Crippen molar-refractivity contribution in [3.63, 3.8) is 0 Å². The van der Waals surface area contributed by atoms with Crippen LogP contribution in [0.25, 0.3) is 0 Å². The fraction of sp³-hybridized carbons (Fsp3) is 0.929. The van der Waals surface area contributed by atoms with E-state index in [4.69, 9.17) is 0 Å². The molecule has 0 radical (unpaired) electrons. The third-order valence-corrected chi connectivity index (χ3v) is 5.24. The molecular formula is C14H27NO2S. The number of rotatable bonds is 6. The largest absolute Gasteiger partial charge is 0.395 e. The zero-order valence-electron chi connectivity index (χ0n) is 11.9. The third-order valence-electron chi connectivity index (χ3n) is 4.08. The highest BCUT2D eigenvalue weighted by molar-refractivity contribution is 7.99. The molecule has 18 heavy (non-hydrogen) atoms. The lowest BCUT2D eigenvalue weighted by molar-refractivity contribution is -0.124. The van der Waals surface area contributed by atoms with Crippen molar-refractivity contribution in [2.24, 2.45) is 5.41 Å². The van der Waals surface area contributed by atoms with Crippen molar-refractivity contribution in [1.82, 2.24) is 5.32 Å². The van der Waals surface area contributed by atoms with Crippen LogP contribution in [0.4, 0.5) is 0 Å². The Hall–Kier alpha value is -0.220. The van der Waals surface area contributed by atoms with Gasteiger partial charge >= 0.3 is 0 Å². The molecule has 0 aromatic carbocycles. The number of nitrogens with one attached hydrogen (secondary N) is 1. The van der Waals surface area contributed by atoms with E-state index < -0.39 is 0 Å². The molecule has 0 aromatic rings. The maximum atomic E-state index is 12.1. The zero-order chi connectivity index (χ0) is 13.6. The van der Waals surface area contributed by atoms with Gasteiger partial charge < -0.3 is 10.4 Å². The summed E-state index contributed by atoms with van der Waals surface area (Å²) in [5.41, 5.74) is 0.191. The second-order valence-corrected chi connectivity index (χ2v) is 6.94. The van der Waals surface area contributed by atoms with Crippen LogP contribution in [0.15, 0.2) is 0 Å². The van der Waals surface area contributed by atoms with E-state index in [1.165, 1.54) is 32.1 Å². The van der Waals surface area contributed by atoms with E-state index in [2.05, 4.69) is 12.2 Å². The van der Waals surface area contributed by atoms with Crippen molar-refractivity contribution in [3.8, 4) is 0 Å². The van der Waals surface area contributed by atoms with E-state index in [-0.39, 0.29) is 29.2 Å². The molecule has 1 saturated carbocycles. The number of hydrogen-bond acceptors (Lipinski definition) is 3. The fourth-order valence-electron chi connectivity index (χ4n) is 2.80. The molecule has 1 aliphatic carbocycles. The molecule has 0 aliphatic heterocycles. The molecule has 0 saturated heterocycles. The molecule has 1 aliphatic rings. The van der Waals surface area contributed by atoms with Crippen molar-refractivity contribution in [2.45, 2.75) is 63.7 Å². The number of aliphatic hydroxyl groups is 1. The van der Waals surface area contributed by atoms with Crippen molar-refractivity contribution in [3.05, 3.63) is 0 Å². The Morgan fingerprint density at radius 1 is 1.39 bits per heavy atom. The van der Waals surface area contributed by atoms with Gasteiger partial charge in [0.15, 0.2) is 0 Å². The van der Waals surface area contributed by atoms with E-state index in [9.17, 15) is 9.90 Å². The molecule has 0 bridgehead atoms. The highest BCUT2D eigenvalue weighted by Gasteiger charge is 2.30. The quantitative estimate of drug-likeness (QED) is 0.782. The fourth-order valence-corrected chi connectivity index (χ4v) is 3.43. The van der Waals surface area contributed by atoms with Gasteiger partial charge in [0.25, 0.3) is 0 Å². The van der Waals surface area contributed by atoms with Crippen LogP contribution in [-0.2, 0) is 4.79 Å². The minimum absolute atomic E-state index is 0.0321. The zero-order valence-corrected chi connectivity index (χ0v) is 12.7. The standard InChI is InChI=1S/C14H27NO2S/c1-11(12(10-16)18-3)15-13(17)9-14(2)7-5-4-6-8-14/h11-12,16H,4-10H2,1-3H3,(H,15,17). The molecular weight excluding hydrogens is 246 g/mol. The van der Waals surface area contributed by atoms with Gasteiger partial charge in [-0.3, -0.25) is 4.79 Å². The van der Waals surface area contributed by atoms with Crippen LogP contribution in [0.5, 0.6) is 0 Å². The summed E-state index contributed by atoms with van der Waals surface area (Å²) in [6.45, 7) is 4.31. The number of thioether (sulfide) groups is 1. The summed E-state index contributed by atoms with van der Waals surface area (Å²) in [6, 6.07) is 0.0321. The monoisotopic (exact) mass is 273 g/mol. The van der Waals surface area contributed by atoms with Gasteiger partial charge in [-0.2, -0.15) is 11.8 Å². The Kier molecular flexibility index (Phi) is 6.50. The Labute approximate surface area is 115 Å². The Morgan fingerprint density at radius 3 is 2.50 bits per heavy atom. The first-order valence-electron chi connectivity index (χ1n) is 6.94. The summed E-state index contributed by atoms with van der Waals surface area (Å²) < 4.78 is 0. The second-order valence-electron chi connectivity index (χ2n) is 5.86. The molecule has 106 valence electrons. The lowest BCUT2D eigenvalue weighted by Gasteiger charge is -2.33. The molecule has 1 rings (SSSR count). The van der Waals surface area contributed by atoms with Gasteiger partial charge in [0.1, 0.15) is 0 Å². The lowest BCUT2D eigenvalue weighted by atomic mass is 9.73.